The Balaban J connectivity index is 2.01. The van der Waals surface area contributed by atoms with Crippen LogP contribution in [0, 0.1) is 0 Å². The molecule has 1 atom stereocenters. The number of hydrogen-bond donors (Lipinski definition) is 2. The topological polar surface area (TPSA) is 85.4 Å². The van der Waals surface area contributed by atoms with Gasteiger partial charge in [0.15, 0.2) is 0 Å². The molecule has 0 bridgehead atoms. The maximum atomic E-state index is 10.6. The molecule has 1 fully saturated rings. The number of rotatable bonds is 4. The third-order valence-corrected chi connectivity index (χ3v) is 3.89. The molecule has 2 rings (SSSR count). The summed E-state index contributed by atoms with van der Waals surface area (Å²) < 4.78 is 5.30. The molecule has 5 nitrogen and oxygen atoms in total. The van der Waals surface area contributed by atoms with Gasteiger partial charge in [0.2, 0.25) is 0 Å². The predicted octanol–water partition coefficient (Wildman–Crippen LogP) is 1.51. The van der Waals surface area contributed by atoms with Gasteiger partial charge in [-0.1, -0.05) is 0 Å². The molecule has 0 aromatic carbocycles. The molecule has 3 N–H and O–H groups in total. The van der Waals surface area contributed by atoms with Crippen molar-refractivity contribution in [2.45, 2.75) is 31.2 Å². The van der Waals surface area contributed by atoms with Gasteiger partial charge in [-0.3, -0.25) is 4.79 Å². The molecule has 0 aliphatic carbocycles. The zero-order valence-electron chi connectivity index (χ0n) is 9.46. The van der Waals surface area contributed by atoms with E-state index >= 15 is 0 Å². The van der Waals surface area contributed by atoms with E-state index in [0.717, 1.165) is 31.7 Å². The average molecular weight is 256 g/mol. The monoisotopic (exact) mass is 256 g/mol. The first-order chi connectivity index (χ1) is 8.16. The van der Waals surface area contributed by atoms with Crippen LogP contribution in [0.5, 0.6) is 0 Å². The SMILES string of the molecule is NC(CC(=O)O)c1nc(C2CCOCC2)cs1. The second-order valence-corrected chi connectivity index (χ2v) is 5.09. The Bertz CT molecular complexity index is 388. The van der Waals surface area contributed by atoms with Gasteiger partial charge in [-0.15, -0.1) is 11.3 Å². The van der Waals surface area contributed by atoms with Gasteiger partial charge in [0, 0.05) is 24.5 Å². The van der Waals surface area contributed by atoms with Crippen LogP contribution in [0.3, 0.4) is 0 Å². The highest BCUT2D eigenvalue weighted by Crippen LogP contribution is 2.29. The van der Waals surface area contributed by atoms with E-state index < -0.39 is 12.0 Å². The Hall–Kier alpha value is -0.980. The van der Waals surface area contributed by atoms with Crippen LogP contribution < -0.4 is 5.73 Å². The van der Waals surface area contributed by atoms with Gasteiger partial charge >= 0.3 is 5.97 Å². The van der Waals surface area contributed by atoms with E-state index in [4.69, 9.17) is 15.6 Å². The fraction of sp³-hybridized carbons (Fsp3) is 0.636. The molecule has 2 heterocycles. The van der Waals surface area contributed by atoms with Crippen molar-refractivity contribution in [3.63, 3.8) is 0 Å². The maximum absolute atomic E-state index is 10.6. The first-order valence-electron chi connectivity index (χ1n) is 5.67. The molecule has 17 heavy (non-hydrogen) atoms. The van der Waals surface area contributed by atoms with Gasteiger partial charge in [0.05, 0.1) is 18.2 Å². The van der Waals surface area contributed by atoms with Gasteiger partial charge < -0.3 is 15.6 Å². The Kier molecular flexibility index (Phi) is 4.09. The van der Waals surface area contributed by atoms with E-state index in [1.54, 1.807) is 0 Å². The minimum Gasteiger partial charge on any atom is -0.481 e. The zero-order chi connectivity index (χ0) is 12.3. The minimum atomic E-state index is -0.889. The zero-order valence-corrected chi connectivity index (χ0v) is 10.3. The van der Waals surface area contributed by atoms with Crippen molar-refractivity contribution in [3.05, 3.63) is 16.1 Å². The van der Waals surface area contributed by atoms with Crippen LogP contribution in [-0.4, -0.2) is 29.3 Å². The van der Waals surface area contributed by atoms with Crippen LogP contribution in [-0.2, 0) is 9.53 Å². The third-order valence-electron chi connectivity index (χ3n) is 2.89. The van der Waals surface area contributed by atoms with Crippen molar-refractivity contribution in [1.82, 2.24) is 4.98 Å². The van der Waals surface area contributed by atoms with Gasteiger partial charge in [-0.05, 0) is 12.8 Å². The number of hydrogen-bond acceptors (Lipinski definition) is 5. The molecule has 0 spiro atoms. The summed E-state index contributed by atoms with van der Waals surface area (Å²) >= 11 is 1.45. The molecule has 1 aromatic rings. The van der Waals surface area contributed by atoms with Crippen molar-refractivity contribution in [2.75, 3.05) is 13.2 Å². The number of ether oxygens (including phenoxy) is 1. The number of thiazole rings is 1. The van der Waals surface area contributed by atoms with Gasteiger partial charge in [-0.25, -0.2) is 4.98 Å². The molecule has 1 unspecified atom stereocenters. The summed E-state index contributed by atoms with van der Waals surface area (Å²) in [7, 11) is 0. The minimum absolute atomic E-state index is 0.0687. The van der Waals surface area contributed by atoms with Crippen molar-refractivity contribution >= 4 is 17.3 Å². The number of carboxylic acid groups (broad SMARTS) is 1. The quantitative estimate of drug-likeness (QED) is 0.853. The largest absolute Gasteiger partial charge is 0.481 e. The van der Waals surface area contributed by atoms with E-state index in [0.29, 0.717) is 10.9 Å². The molecule has 0 saturated carbocycles. The standard InChI is InChI=1S/C11H16N2O3S/c12-8(5-10(14)15)11-13-9(6-17-11)7-1-3-16-4-2-7/h6-8H,1-5,12H2,(H,14,15). The maximum Gasteiger partial charge on any atom is 0.305 e. The highest BCUT2D eigenvalue weighted by Gasteiger charge is 2.21. The van der Waals surface area contributed by atoms with Crippen molar-refractivity contribution in [2.24, 2.45) is 5.73 Å². The number of aromatic nitrogens is 1. The van der Waals surface area contributed by atoms with Crippen LogP contribution in [0.1, 0.15) is 41.9 Å². The second kappa shape index (κ2) is 5.57. The van der Waals surface area contributed by atoms with Crippen molar-refractivity contribution < 1.29 is 14.6 Å². The second-order valence-electron chi connectivity index (χ2n) is 4.20. The lowest BCUT2D eigenvalue weighted by atomic mass is 9.97. The average Bonchev–Trinajstić information content (AvgIpc) is 2.78. The lowest BCUT2D eigenvalue weighted by Crippen LogP contribution is -2.16. The lowest BCUT2D eigenvalue weighted by molar-refractivity contribution is -0.137. The van der Waals surface area contributed by atoms with Crippen molar-refractivity contribution in [3.8, 4) is 0 Å². The Morgan fingerprint density at radius 1 is 1.65 bits per heavy atom. The summed E-state index contributed by atoms with van der Waals surface area (Å²) in [5.74, 6) is -0.453. The fourth-order valence-electron chi connectivity index (χ4n) is 1.93. The molecule has 6 heteroatoms. The predicted molar refractivity (Wildman–Crippen MR) is 64.1 cm³/mol. The number of aliphatic carboxylic acids is 1. The summed E-state index contributed by atoms with van der Waals surface area (Å²) in [5, 5.41) is 11.4. The first kappa shape index (κ1) is 12.5. The highest BCUT2D eigenvalue weighted by molar-refractivity contribution is 7.09. The molecular formula is C11H16N2O3S. The summed E-state index contributed by atoms with van der Waals surface area (Å²) in [6.07, 6.45) is 1.90. The highest BCUT2D eigenvalue weighted by atomic mass is 32.1. The summed E-state index contributed by atoms with van der Waals surface area (Å²) in [6.45, 7) is 1.55. The Morgan fingerprint density at radius 2 is 2.35 bits per heavy atom. The fourth-order valence-corrected chi connectivity index (χ4v) is 2.83. The van der Waals surface area contributed by atoms with E-state index in [1.165, 1.54) is 11.3 Å². The van der Waals surface area contributed by atoms with Gasteiger partial charge in [0.1, 0.15) is 5.01 Å². The third kappa shape index (κ3) is 3.24. The van der Waals surface area contributed by atoms with Crippen LogP contribution in [0.2, 0.25) is 0 Å². The van der Waals surface area contributed by atoms with E-state index in [1.807, 2.05) is 5.38 Å². The molecule has 0 radical (unpaired) electrons. The molecular weight excluding hydrogens is 240 g/mol. The molecule has 94 valence electrons. The van der Waals surface area contributed by atoms with E-state index in [9.17, 15) is 4.79 Å². The number of nitrogens with two attached hydrogens (primary N) is 1. The number of nitrogens with zero attached hydrogens (tertiary/aromatic N) is 1. The molecule has 1 saturated heterocycles. The smallest absolute Gasteiger partial charge is 0.305 e. The Morgan fingerprint density at radius 3 is 3.00 bits per heavy atom. The molecule has 1 aromatic heterocycles. The molecule has 0 amide bonds. The van der Waals surface area contributed by atoms with Crippen LogP contribution >= 0.6 is 11.3 Å². The summed E-state index contributed by atoms with van der Waals surface area (Å²) in [4.78, 5) is 15.0. The number of carboxylic acids is 1. The van der Waals surface area contributed by atoms with Crippen LogP contribution in [0.25, 0.3) is 0 Å². The Labute approximate surface area is 104 Å². The van der Waals surface area contributed by atoms with Crippen LogP contribution in [0.4, 0.5) is 0 Å². The molecule has 1 aliphatic heterocycles. The molecule has 1 aliphatic rings. The van der Waals surface area contributed by atoms with E-state index in [2.05, 4.69) is 4.98 Å². The van der Waals surface area contributed by atoms with Crippen molar-refractivity contribution in [1.29, 1.82) is 0 Å². The van der Waals surface area contributed by atoms with E-state index in [-0.39, 0.29) is 6.42 Å². The van der Waals surface area contributed by atoms with Gasteiger partial charge in [-0.2, -0.15) is 0 Å². The summed E-state index contributed by atoms with van der Waals surface area (Å²) in [6, 6.07) is -0.494. The summed E-state index contributed by atoms with van der Waals surface area (Å²) in [5.41, 5.74) is 6.82. The van der Waals surface area contributed by atoms with Crippen LogP contribution in [0.15, 0.2) is 5.38 Å². The first-order valence-corrected chi connectivity index (χ1v) is 6.55. The lowest BCUT2D eigenvalue weighted by Gasteiger charge is -2.20. The number of carbonyl (C=O) groups is 1. The van der Waals surface area contributed by atoms with Gasteiger partial charge in [0.25, 0.3) is 0 Å². The normalized spacial score (nSPS) is 19.1.